The standard InChI is InChI=1S/C29H36Cl2N2O5/c1-2-3-16-38-23-8-4-21(5-9-23)18-26(29(36)37)32-27(34)19-22-12-14-33(15-13-22)28(35)11-7-20-6-10-24(30)25(31)17-20/h4-6,8-10,17,22,26H,2-3,7,11-16,18-19H2,1H3,(H,32,34)(H,36,37)/t26-/m0/s1. The zero-order valence-corrected chi connectivity index (χ0v) is 23.3. The van der Waals surface area contributed by atoms with Gasteiger partial charge in [0.05, 0.1) is 16.7 Å². The third-order valence-electron chi connectivity index (χ3n) is 6.82. The number of rotatable bonds is 13. The highest BCUT2D eigenvalue weighted by atomic mass is 35.5. The van der Waals surface area contributed by atoms with Crippen LogP contribution in [0.1, 0.15) is 56.6 Å². The molecule has 0 aromatic heterocycles. The molecule has 2 aromatic carbocycles. The maximum atomic E-state index is 12.6. The van der Waals surface area contributed by atoms with E-state index in [-0.39, 0.29) is 30.6 Å². The quantitative estimate of drug-likeness (QED) is 0.312. The molecule has 2 amide bonds. The number of piperidine rings is 1. The molecule has 206 valence electrons. The van der Waals surface area contributed by atoms with Crippen molar-refractivity contribution in [2.45, 2.75) is 64.3 Å². The first kappa shape index (κ1) is 29.8. The van der Waals surface area contributed by atoms with Gasteiger partial charge in [0.1, 0.15) is 11.8 Å². The first-order chi connectivity index (χ1) is 18.2. The van der Waals surface area contributed by atoms with Crippen LogP contribution >= 0.6 is 23.2 Å². The number of carboxylic acid groups (broad SMARTS) is 1. The number of hydrogen-bond donors (Lipinski definition) is 2. The lowest BCUT2D eigenvalue weighted by atomic mass is 9.92. The molecule has 3 rings (SSSR count). The summed E-state index contributed by atoms with van der Waals surface area (Å²) in [7, 11) is 0. The van der Waals surface area contributed by atoms with Crippen molar-refractivity contribution in [1.82, 2.24) is 10.2 Å². The van der Waals surface area contributed by atoms with Gasteiger partial charge in [0.2, 0.25) is 11.8 Å². The molecular formula is C29H36Cl2N2O5. The van der Waals surface area contributed by atoms with Gasteiger partial charge in [0, 0.05) is 32.4 Å². The van der Waals surface area contributed by atoms with Crippen molar-refractivity contribution in [2.24, 2.45) is 5.92 Å². The number of amides is 2. The second-order valence-electron chi connectivity index (χ2n) is 9.79. The smallest absolute Gasteiger partial charge is 0.326 e. The second-order valence-corrected chi connectivity index (χ2v) is 10.6. The van der Waals surface area contributed by atoms with Crippen LogP contribution in [0, 0.1) is 5.92 Å². The minimum absolute atomic E-state index is 0.0756. The van der Waals surface area contributed by atoms with E-state index in [0.717, 1.165) is 29.7 Å². The number of likely N-dealkylation sites (tertiary alicyclic amines) is 1. The average molecular weight is 564 g/mol. The van der Waals surface area contributed by atoms with Crippen molar-refractivity contribution in [2.75, 3.05) is 19.7 Å². The van der Waals surface area contributed by atoms with Gasteiger partial charge >= 0.3 is 5.97 Å². The molecule has 1 aliphatic rings. The molecule has 1 saturated heterocycles. The summed E-state index contributed by atoms with van der Waals surface area (Å²) in [6, 6.07) is 11.7. The molecule has 38 heavy (non-hydrogen) atoms. The number of halogens is 2. The Morgan fingerprint density at radius 3 is 2.37 bits per heavy atom. The van der Waals surface area contributed by atoms with Crippen LogP contribution in [0.4, 0.5) is 0 Å². The normalized spacial score (nSPS) is 14.7. The van der Waals surface area contributed by atoms with Crippen molar-refractivity contribution >= 4 is 41.0 Å². The summed E-state index contributed by atoms with van der Waals surface area (Å²) in [6.45, 7) is 3.93. The predicted octanol–water partition coefficient (Wildman–Crippen LogP) is 5.55. The molecule has 0 aliphatic carbocycles. The minimum Gasteiger partial charge on any atom is -0.494 e. The van der Waals surface area contributed by atoms with E-state index in [4.69, 9.17) is 27.9 Å². The molecule has 0 saturated carbocycles. The molecule has 9 heteroatoms. The summed E-state index contributed by atoms with van der Waals surface area (Å²) in [5.41, 5.74) is 1.77. The van der Waals surface area contributed by atoms with E-state index < -0.39 is 12.0 Å². The predicted molar refractivity (Wildman–Crippen MR) is 149 cm³/mol. The molecule has 0 bridgehead atoms. The number of nitrogens with zero attached hydrogens (tertiary/aromatic N) is 1. The third-order valence-corrected chi connectivity index (χ3v) is 7.56. The minimum atomic E-state index is -1.07. The van der Waals surface area contributed by atoms with Gasteiger partial charge in [-0.3, -0.25) is 9.59 Å². The number of carbonyl (C=O) groups is 3. The number of carboxylic acids is 1. The van der Waals surface area contributed by atoms with E-state index in [0.29, 0.717) is 55.4 Å². The van der Waals surface area contributed by atoms with Crippen molar-refractivity contribution in [3.8, 4) is 5.75 Å². The van der Waals surface area contributed by atoms with Gasteiger partial charge < -0.3 is 20.1 Å². The number of benzene rings is 2. The molecule has 1 aliphatic heterocycles. The Labute approximate surface area is 234 Å². The monoisotopic (exact) mass is 562 g/mol. The van der Waals surface area contributed by atoms with E-state index in [1.54, 1.807) is 12.1 Å². The van der Waals surface area contributed by atoms with E-state index >= 15 is 0 Å². The highest BCUT2D eigenvalue weighted by Gasteiger charge is 2.26. The fraction of sp³-hybridized carbons (Fsp3) is 0.483. The number of aliphatic carboxylic acids is 1. The van der Waals surface area contributed by atoms with Gasteiger partial charge in [0.15, 0.2) is 0 Å². The van der Waals surface area contributed by atoms with E-state index in [9.17, 15) is 19.5 Å². The Hall–Kier alpha value is -2.77. The number of carbonyl (C=O) groups excluding carboxylic acids is 2. The van der Waals surface area contributed by atoms with Gasteiger partial charge in [-0.2, -0.15) is 0 Å². The molecule has 2 aromatic rings. The van der Waals surface area contributed by atoms with E-state index in [2.05, 4.69) is 12.2 Å². The van der Waals surface area contributed by atoms with Crippen molar-refractivity contribution in [1.29, 1.82) is 0 Å². The van der Waals surface area contributed by atoms with Crippen molar-refractivity contribution in [3.05, 3.63) is 63.6 Å². The summed E-state index contributed by atoms with van der Waals surface area (Å²) in [6.07, 6.45) is 4.87. The largest absolute Gasteiger partial charge is 0.494 e. The van der Waals surface area contributed by atoms with Crippen LogP contribution in [0.15, 0.2) is 42.5 Å². The fourth-order valence-electron chi connectivity index (χ4n) is 4.50. The van der Waals surface area contributed by atoms with Gasteiger partial charge in [-0.15, -0.1) is 0 Å². The lowest BCUT2D eigenvalue weighted by Gasteiger charge is -2.32. The Balaban J connectivity index is 1.40. The molecule has 2 N–H and O–H groups in total. The number of nitrogens with one attached hydrogen (secondary N) is 1. The SMILES string of the molecule is CCCCOc1ccc(C[C@H](NC(=O)CC2CCN(C(=O)CCc3ccc(Cl)c(Cl)c3)CC2)C(=O)O)cc1. The zero-order chi connectivity index (χ0) is 27.5. The number of hydrogen-bond acceptors (Lipinski definition) is 4. The Kier molecular flexibility index (Phi) is 11.7. The van der Waals surface area contributed by atoms with Gasteiger partial charge in [-0.05, 0) is 67.0 Å². The van der Waals surface area contributed by atoms with Crippen molar-refractivity contribution < 1.29 is 24.2 Å². The van der Waals surface area contributed by atoms with Crippen LogP contribution in [-0.2, 0) is 27.2 Å². The van der Waals surface area contributed by atoms with Crippen LogP contribution < -0.4 is 10.1 Å². The van der Waals surface area contributed by atoms with Crippen LogP contribution in [0.25, 0.3) is 0 Å². The van der Waals surface area contributed by atoms with E-state index in [1.165, 1.54) is 0 Å². The molecule has 1 fully saturated rings. The maximum Gasteiger partial charge on any atom is 0.326 e. The highest BCUT2D eigenvalue weighted by molar-refractivity contribution is 6.42. The second kappa shape index (κ2) is 15.0. The molecule has 1 atom stereocenters. The Bertz CT molecular complexity index is 1080. The molecule has 1 heterocycles. The van der Waals surface area contributed by atoms with Gasteiger partial charge in [-0.25, -0.2) is 4.79 Å². The van der Waals surface area contributed by atoms with Crippen LogP contribution in [0.3, 0.4) is 0 Å². The molecular weight excluding hydrogens is 527 g/mol. The molecule has 0 unspecified atom stereocenters. The summed E-state index contributed by atoms with van der Waals surface area (Å²) in [5, 5.41) is 13.3. The van der Waals surface area contributed by atoms with Crippen LogP contribution in [-0.4, -0.2) is 53.5 Å². The van der Waals surface area contributed by atoms with E-state index in [1.807, 2.05) is 35.2 Å². The van der Waals surface area contributed by atoms with Gasteiger partial charge in [-0.1, -0.05) is 54.7 Å². The topological polar surface area (TPSA) is 95.9 Å². The van der Waals surface area contributed by atoms with Crippen molar-refractivity contribution in [3.63, 3.8) is 0 Å². The molecule has 0 radical (unpaired) electrons. The number of ether oxygens (including phenoxy) is 1. The Morgan fingerprint density at radius 2 is 1.74 bits per heavy atom. The van der Waals surface area contributed by atoms with Gasteiger partial charge in [0.25, 0.3) is 0 Å². The Morgan fingerprint density at radius 1 is 1.05 bits per heavy atom. The summed E-state index contributed by atoms with van der Waals surface area (Å²) in [4.78, 5) is 38.9. The average Bonchev–Trinajstić information content (AvgIpc) is 2.90. The molecule has 7 nitrogen and oxygen atoms in total. The zero-order valence-electron chi connectivity index (χ0n) is 21.8. The van der Waals surface area contributed by atoms with Crippen LogP contribution in [0.5, 0.6) is 5.75 Å². The lowest BCUT2D eigenvalue weighted by molar-refractivity contribution is -0.142. The van der Waals surface area contributed by atoms with Crippen LogP contribution in [0.2, 0.25) is 10.0 Å². The first-order valence-electron chi connectivity index (χ1n) is 13.2. The summed E-state index contributed by atoms with van der Waals surface area (Å²) in [5.74, 6) is -0.405. The maximum absolute atomic E-state index is 12.6. The summed E-state index contributed by atoms with van der Waals surface area (Å²) < 4.78 is 5.65. The molecule has 0 spiro atoms. The number of unbranched alkanes of at least 4 members (excludes halogenated alkanes) is 1. The summed E-state index contributed by atoms with van der Waals surface area (Å²) >= 11 is 12.0. The third kappa shape index (κ3) is 9.52. The first-order valence-corrected chi connectivity index (χ1v) is 14.0. The number of aryl methyl sites for hydroxylation is 1. The fourth-order valence-corrected chi connectivity index (χ4v) is 4.82. The lowest BCUT2D eigenvalue weighted by Crippen LogP contribution is -2.44. The highest BCUT2D eigenvalue weighted by Crippen LogP contribution is 2.24.